The summed E-state index contributed by atoms with van der Waals surface area (Å²) in [5.74, 6) is 1.35. The van der Waals surface area contributed by atoms with Crippen LogP contribution in [0.1, 0.15) is 18.3 Å². The maximum absolute atomic E-state index is 13.4. The molecule has 1 N–H and O–H groups in total. The number of nitrogens with one attached hydrogen (secondary N) is 1. The lowest BCUT2D eigenvalue weighted by molar-refractivity contribution is 0.474. The number of imidazole rings is 2. The molecule has 7 heteroatoms. The van der Waals surface area contributed by atoms with E-state index in [2.05, 4.69) is 32.9 Å². The maximum Gasteiger partial charge on any atom is 0.213 e. The van der Waals surface area contributed by atoms with Gasteiger partial charge in [-0.15, -0.1) is 0 Å². The van der Waals surface area contributed by atoms with E-state index in [1.807, 2.05) is 16.8 Å². The molecule has 0 aliphatic rings. The average molecular weight is 360 g/mol. The molecule has 1 atom stereocenters. The van der Waals surface area contributed by atoms with E-state index in [1.54, 1.807) is 24.4 Å². The molecule has 0 spiro atoms. The van der Waals surface area contributed by atoms with Gasteiger partial charge < -0.3 is 9.55 Å². The van der Waals surface area contributed by atoms with Crippen LogP contribution in [0.15, 0.2) is 48.9 Å². The van der Waals surface area contributed by atoms with Crippen molar-refractivity contribution in [1.82, 2.24) is 24.5 Å². The van der Waals surface area contributed by atoms with Gasteiger partial charge in [0.25, 0.3) is 0 Å². The number of H-pyrrole nitrogens is 1. The first-order valence-corrected chi connectivity index (χ1v) is 8.64. The number of nitrogens with zero attached hydrogens (tertiary/aromatic N) is 5. The largest absolute Gasteiger partial charge is 0.342 e. The second-order valence-electron chi connectivity index (χ2n) is 6.61. The molecule has 1 aromatic carbocycles. The van der Waals surface area contributed by atoms with Crippen LogP contribution < -0.4 is 0 Å². The minimum atomic E-state index is -0.519. The predicted molar refractivity (Wildman–Crippen MR) is 99.1 cm³/mol. The Morgan fingerprint density at radius 2 is 2.11 bits per heavy atom. The number of aromatic amines is 1. The molecule has 1 unspecified atom stereocenters. The number of aromatic nitrogens is 5. The van der Waals surface area contributed by atoms with Gasteiger partial charge in [-0.2, -0.15) is 9.65 Å². The van der Waals surface area contributed by atoms with Gasteiger partial charge in [0, 0.05) is 43.2 Å². The van der Waals surface area contributed by atoms with E-state index in [0.717, 1.165) is 29.8 Å². The van der Waals surface area contributed by atoms with Gasteiger partial charge in [-0.1, -0.05) is 6.92 Å². The van der Waals surface area contributed by atoms with E-state index in [9.17, 15) is 4.39 Å². The first-order chi connectivity index (χ1) is 13.1. The molecule has 6 nitrogen and oxygen atoms in total. The van der Waals surface area contributed by atoms with Crippen molar-refractivity contribution in [3.8, 4) is 17.5 Å². The number of hydrogen-bond acceptors (Lipinski definition) is 4. The summed E-state index contributed by atoms with van der Waals surface area (Å²) in [5.41, 5.74) is 3.02. The third-order valence-corrected chi connectivity index (χ3v) is 4.41. The number of nitriles is 1. The predicted octanol–water partition coefficient (Wildman–Crippen LogP) is 3.71. The Hall–Kier alpha value is -3.53. The first kappa shape index (κ1) is 16.9. The van der Waals surface area contributed by atoms with Gasteiger partial charge in [-0.05, 0) is 30.2 Å². The van der Waals surface area contributed by atoms with Crippen molar-refractivity contribution in [3.63, 3.8) is 0 Å². The fourth-order valence-electron chi connectivity index (χ4n) is 3.21. The number of benzene rings is 1. The molecule has 134 valence electrons. The van der Waals surface area contributed by atoms with Crippen molar-refractivity contribution in [2.45, 2.75) is 19.9 Å². The van der Waals surface area contributed by atoms with E-state index in [-0.39, 0.29) is 5.92 Å². The van der Waals surface area contributed by atoms with E-state index < -0.39 is 5.95 Å². The zero-order valence-electron chi connectivity index (χ0n) is 14.7. The molecule has 0 fully saturated rings. The molecule has 4 rings (SSSR count). The van der Waals surface area contributed by atoms with Gasteiger partial charge in [0.05, 0.1) is 22.7 Å². The summed E-state index contributed by atoms with van der Waals surface area (Å²) in [4.78, 5) is 15.9. The second-order valence-corrected chi connectivity index (χ2v) is 6.61. The van der Waals surface area contributed by atoms with Crippen molar-refractivity contribution in [2.75, 3.05) is 0 Å². The number of rotatable bonds is 5. The minimum Gasteiger partial charge on any atom is -0.342 e. The molecule has 4 aromatic rings. The monoisotopic (exact) mass is 360 g/mol. The molecule has 3 heterocycles. The summed E-state index contributed by atoms with van der Waals surface area (Å²) in [6.07, 6.45) is 5.79. The molecule has 0 radical (unpaired) electrons. The minimum absolute atomic E-state index is 0.278. The van der Waals surface area contributed by atoms with E-state index in [0.29, 0.717) is 17.0 Å². The Labute approximate surface area is 155 Å². The fraction of sp³-hybridized carbons (Fsp3) is 0.200. The normalized spacial score (nSPS) is 12.2. The van der Waals surface area contributed by atoms with E-state index in [4.69, 9.17) is 5.26 Å². The highest BCUT2D eigenvalue weighted by molar-refractivity contribution is 5.76. The summed E-state index contributed by atoms with van der Waals surface area (Å²) in [6.45, 7) is 2.85. The molecular weight excluding hydrogens is 343 g/mol. The van der Waals surface area contributed by atoms with Gasteiger partial charge in [0.15, 0.2) is 0 Å². The number of hydrogen-bond donors (Lipinski definition) is 1. The van der Waals surface area contributed by atoms with Crippen LogP contribution >= 0.6 is 0 Å². The van der Waals surface area contributed by atoms with E-state index in [1.165, 1.54) is 12.3 Å². The van der Waals surface area contributed by atoms with Gasteiger partial charge in [0.1, 0.15) is 11.6 Å². The summed E-state index contributed by atoms with van der Waals surface area (Å²) < 4.78 is 15.4. The van der Waals surface area contributed by atoms with Crippen molar-refractivity contribution in [3.05, 3.63) is 66.3 Å². The molecule has 0 saturated heterocycles. The summed E-state index contributed by atoms with van der Waals surface area (Å²) in [7, 11) is 0. The van der Waals surface area contributed by atoms with Crippen LogP contribution in [-0.4, -0.2) is 24.5 Å². The quantitative estimate of drug-likeness (QED) is 0.550. The molecular formula is C20H17FN6. The third kappa shape index (κ3) is 3.55. The summed E-state index contributed by atoms with van der Waals surface area (Å²) >= 11 is 0. The highest BCUT2D eigenvalue weighted by atomic mass is 19.1. The lowest BCUT2D eigenvalue weighted by Gasteiger charge is -2.13. The van der Waals surface area contributed by atoms with Crippen LogP contribution in [0, 0.1) is 23.2 Å². The Morgan fingerprint density at radius 1 is 1.22 bits per heavy atom. The zero-order valence-corrected chi connectivity index (χ0v) is 14.7. The van der Waals surface area contributed by atoms with Crippen molar-refractivity contribution >= 4 is 11.0 Å². The third-order valence-electron chi connectivity index (χ3n) is 4.41. The lowest BCUT2D eigenvalue weighted by atomic mass is 10.1. The zero-order chi connectivity index (χ0) is 18.8. The molecule has 0 amide bonds. The molecule has 0 aliphatic carbocycles. The molecule has 3 aromatic heterocycles. The van der Waals surface area contributed by atoms with Crippen LogP contribution in [0.25, 0.3) is 22.4 Å². The van der Waals surface area contributed by atoms with Gasteiger partial charge >= 0.3 is 0 Å². The number of halogens is 1. The lowest BCUT2D eigenvalue weighted by Crippen LogP contribution is -2.11. The smallest absolute Gasteiger partial charge is 0.213 e. The summed E-state index contributed by atoms with van der Waals surface area (Å²) in [6, 6.07) is 10.7. The topological polar surface area (TPSA) is 83.2 Å². The first-order valence-electron chi connectivity index (χ1n) is 8.64. The van der Waals surface area contributed by atoms with Crippen LogP contribution in [0.4, 0.5) is 4.39 Å². The highest BCUT2D eigenvalue weighted by Crippen LogP contribution is 2.20. The summed E-state index contributed by atoms with van der Waals surface area (Å²) in [5, 5.41) is 9.01. The Bertz CT molecular complexity index is 1140. The Kier molecular flexibility index (Phi) is 4.38. The standard InChI is InChI=1S/C20H17FN6/c1-13(8-19-25-16-3-2-14(11-22)9-17(16)26-19)12-27-7-6-24-20(27)15-4-5-23-18(21)10-15/h2-7,9-10,13H,8,12H2,1H3,(H,25,26). The number of fused-ring (bicyclic) bond motifs is 1. The average Bonchev–Trinajstić information content (AvgIpc) is 3.27. The number of pyridine rings is 1. The molecule has 0 bridgehead atoms. The van der Waals surface area contributed by atoms with Gasteiger partial charge in [-0.3, -0.25) is 0 Å². The van der Waals surface area contributed by atoms with Gasteiger partial charge in [0.2, 0.25) is 5.95 Å². The van der Waals surface area contributed by atoms with Crippen LogP contribution in [-0.2, 0) is 13.0 Å². The van der Waals surface area contributed by atoms with Crippen molar-refractivity contribution < 1.29 is 4.39 Å². The van der Waals surface area contributed by atoms with Gasteiger partial charge in [-0.25, -0.2) is 15.0 Å². The maximum atomic E-state index is 13.4. The van der Waals surface area contributed by atoms with Crippen molar-refractivity contribution in [2.24, 2.45) is 5.92 Å². The Balaban J connectivity index is 1.51. The van der Waals surface area contributed by atoms with Crippen molar-refractivity contribution in [1.29, 1.82) is 5.26 Å². The molecule has 0 aliphatic heterocycles. The van der Waals surface area contributed by atoms with Crippen LogP contribution in [0.3, 0.4) is 0 Å². The molecule has 0 saturated carbocycles. The second kappa shape index (κ2) is 7.00. The Morgan fingerprint density at radius 3 is 2.93 bits per heavy atom. The van der Waals surface area contributed by atoms with Crippen LogP contribution in [0.2, 0.25) is 0 Å². The SMILES string of the molecule is CC(Cc1nc2cc(C#N)ccc2[nH]1)Cn1ccnc1-c1ccnc(F)c1. The molecule has 27 heavy (non-hydrogen) atoms. The fourth-order valence-corrected chi connectivity index (χ4v) is 3.21. The van der Waals surface area contributed by atoms with Crippen LogP contribution in [0.5, 0.6) is 0 Å². The highest BCUT2D eigenvalue weighted by Gasteiger charge is 2.13. The van der Waals surface area contributed by atoms with E-state index >= 15 is 0 Å².